The fraction of sp³-hybridized carbons (Fsp3) is 0.385. The molecule has 1 heterocycles. The van der Waals surface area contributed by atoms with Crippen molar-refractivity contribution in [2.45, 2.75) is 59.7 Å². The Labute approximate surface area is 198 Å². The highest BCUT2D eigenvalue weighted by Gasteiger charge is 2.22. The Kier molecular flexibility index (Phi) is 7.81. The maximum atomic E-state index is 15.3. The molecule has 0 aliphatic rings. The van der Waals surface area contributed by atoms with Crippen LogP contribution in [0.15, 0.2) is 47.6 Å². The number of carbonyl (C=O) groups is 1. The number of imidazole rings is 1. The molecule has 0 unspecified atom stereocenters. The number of benzene rings is 2. The summed E-state index contributed by atoms with van der Waals surface area (Å²) in [5.74, 6) is -0.916. The zero-order valence-corrected chi connectivity index (χ0v) is 20.2. The van der Waals surface area contributed by atoms with Gasteiger partial charge in [0.2, 0.25) is 0 Å². The first-order valence-corrected chi connectivity index (χ1v) is 11.3. The van der Waals surface area contributed by atoms with Crippen molar-refractivity contribution in [3.05, 3.63) is 75.7 Å². The largest absolute Gasteiger partial charge is 0.465 e. The second-order valence-electron chi connectivity index (χ2n) is 8.80. The van der Waals surface area contributed by atoms with Crippen LogP contribution in [0.2, 0.25) is 0 Å². The molecule has 8 heteroatoms. The van der Waals surface area contributed by atoms with Crippen LogP contribution in [0, 0.1) is 10.7 Å². The molecule has 34 heavy (non-hydrogen) atoms. The maximum Gasteiger partial charge on any atom is 0.339 e. The van der Waals surface area contributed by atoms with Crippen LogP contribution in [-0.4, -0.2) is 27.7 Å². The van der Waals surface area contributed by atoms with E-state index in [0.29, 0.717) is 52.7 Å². The molecule has 180 valence electrons. The Morgan fingerprint density at radius 3 is 2.50 bits per heavy atom. The number of carbonyl (C=O) groups excluding carboxylic acids is 1. The smallest absolute Gasteiger partial charge is 0.339 e. The molecule has 0 saturated heterocycles. The summed E-state index contributed by atoms with van der Waals surface area (Å²) in [7, 11) is 0. The van der Waals surface area contributed by atoms with Crippen molar-refractivity contribution in [1.82, 2.24) is 9.55 Å². The van der Waals surface area contributed by atoms with Crippen LogP contribution < -0.4 is 4.74 Å². The Morgan fingerprint density at radius 1 is 1.15 bits per heavy atom. The average molecular weight is 468 g/mol. The lowest BCUT2D eigenvalue weighted by Crippen LogP contribution is -2.24. The quantitative estimate of drug-likeness (QED) is 0.288. The normalized spacial score (nSPS) is 11.4. The predicted molar refractivity (Wildman–Crippen MR) is 128 cm³/mol. The van der Waals surface area contributed by atoms with E-state index in [4.69, 9.17) is 9.47 Å². The summed E-state index contributed by atoms with van der Waals surface area (Å²) in [4.78, 5) is 28.2. The molecule has 0 saturated carbocycles. The number of esters is 1. The molecule has 0 aliphatic heterocycles. The van der Waals surface area contributed by atoms with Crippen molar-refractivity contribution in [3.63, 3.8) is 0 Å². The van der Waals surface area contributed by atoms with Gasteiger partial charge in [0.25, 0.3) is 6.01 Å². The topological polar surface area (TPSA) is 82.8 Å². The van der Waals surface area contributed by atoms with Gasteiger partial charge in [-0.25, -0.2) is 9.18 Å². The number of aryl methyl sites for hydroxylation is 1. The highest BCUT2D eigenvalue weighted by atomic mass is 19.1. The standard InChI is InChI=1S/C26H30FN3O4/c1-6-22-23(15-28-32)30(25(29-22)33-7-2)16-18-13-12-17(14-21(18)27)19-10-8-9-11-20(19)24(31)34-26(3,4)5/h8-14H,6-7,15-16H2,1-5H3. The number of nitroso groups, excluding NO2 is 1. The van der Waals surface area contributed by atoms with Gasteiger partial charge in [-0.2, -0.15) is 9.89 Å². The highest BCUT2D eigenvalue weighted by Crippen LogP contribution is 2.29. The first-order chi connectivity index (χ1) is 16.2. The SMILES string of the molecule is CCOc1nc(CC)c(CN=O)n1Cc1ccc(-c2ccccc2C(=O)OC(C)(C)C)cc1F. The van der Waals surface area contributed by atoms with Crippen LogP contribution in [0.3, 0.4) is 0 Å². The lowest BCUT2D eigenvalue weighted by Gasteiger charge is -2.20. The second-order valence-corrected chi connectivity index (χ2v) is 8.80. The molecule has 3 rings (SSSR count). The zero-order chi connectivity index (χ0) is 24.9. The number of hydrogen-bond donors (Lipinski definition) is 0. The number of aromatic nitrogens is 2. The molecule has 0 radical (unpaired) electrons. The van der Waals surface area contributed by atoms with E-state index in [1.165, 1.54) is 6.07 Å². The molecule has 0 aliphatic carbocycles. The summed E-state index contributed by atoms with van der Waals surface area (Å²) < 4.78 is 28.1. The van der Waals surface area contributed by atoms with Gasteiger partial charge in [0.15, 0.2) is 0 Å². The van der Waals surface area contributed by atoms with Crippen molar-refractivity contribution in [2.75, 3.05) is 6.61 Å². The summed E-state index contributed by atoms with van der Waals surface area (Å²) >= 11 is 0. The second kappa shape index (κ2) is 10.6. The molecular weight excluding hydrogens is 437 g/mol. The first kappa shape index (κ1) is 25.1. The van der Waals surface area contributed by atoms with Crippen LogP contribution in [0.1, 0.15) is 61.9 Å². The lowest BCUT2D eigenvalue weighted by molar-refractivity contribution is 0.00704. The fourth-order valence-corrected chi connectivity index (χ4v) is 3.69. The lowest BCUT2D eigenvalue weighted by atomic mass is 9.98. The third kappa shape index (κ3) is 5.68. The number of rotatable bonds is 9. The Balaban J connectivity index is 1.98. The highest BCUT2D eigenvalue weighted by molar-refractivity contribution is 5.97. The van der Waals surface area contributed by atoms with Crippen LogP contribution in [-0.2, 0) is 24.2 Å². The molecule has 0 fully saturated rings. The van der Waals surface area contributed by atoms with E-state index in [-0.39, 0.29) is 13.1 Å². The molecule has 7 nitrogen and oxygen atoms in total. The van der Waals surface area contributed by atoms with Gasteiger partial charge in [-0.3, -0.25) is 4.57 Å². The van der Waals surface area contributed by atoms with E-state index in [9.17, 15) is 9.70 Å². The summed E-state index contributed by atoms with van der Waals surface area (Å²) in [6.45, 7) is 9.59. The van der Waals surface area contributed by atoms with Crippen molar-refractivity contribution in [2.24, 2.45) is 5.18 Å². The van der Waals surface area contributed by atoms with Gasteiger partial charge in [-0.15, -0.1) is 0 Å². The monoisotopic (exact) mass is 467 g/mol. The number of nitrogens with zero attached hydrogens (tertiary/aromatic N) is 3. The molecule has 0 spiro atoms. The molecule has 1 aromatic heterocycles. The summed E-state index contributed by atoms with van der Waals surface area (Å²) in [5, 5.41) is 3.01. The van der Waals surface area contributed by atoms with E-state index < -0.39 is 17.4 Å². The van der Waals surface area contributed by atoms with Crippen LogP contribution in [0.5, 0.6) is 6.01 Å². The van der Waals surface area contributed by atoms with Gasteiger partial charge in [0.05, 0.1) is 30.1 Å². The van der Waals surface area contributed by atoms with Gasteiger partial charge in [-0.1, -0.05) is 42.4 Å². The van der Waals surface area contributed by atoms with E-state index >= 15 is 4.39 Å². The van der Waals surface area contributed by atoms with Gasteiger partial charge < -0.3 is 9.47 Å². The average Bonchev–Trinajstić information content (AvgIpc) is 3.10. The van der Waals surface area contributed by atoms with E-state index in [1.54, 1.807) is 61.7 Å². The van der Waals surface area contributed by atoms with Crippen molar-refractivity contribution in [3.8, 4) is 17.1 Å². The summed E-state index contributed by atoms with van der Waals surface area (Å²) in [5.41, 5.74) is 2.57. The number of ether oxygens (including phenoxy) is 2. The minimum Gasteiger partial charge on any atom is -0.465 e. The minimum atomic E-state index is -0.645. The van der Waals surface area contributed by atoms with Crippen molar-refractivity contribution >= 4 is 5.97 Å². The van der Waals surface area contributed by atoms with Crippen molar-refractivity contribution in [1.29, 1.82) is 0 Å². The Hall–Kier alpha value is -3.55. The summed E-state index contributed by atoms with van der Waals surface area (Å²) in [6, 6.07) is 12.1. The summed E-state index contributed by atoms with van der Waals surface area (Å²) in [6.07, 6.45) is 0.598. The minimum absolute atomic E-state index is 0.0772. The molecule has 3 aromatic rings. The van der Waals surface area contributed by atoms with Crippen molar-refractivity contribution < 1.29 is 18.7 Å². The molecule has 0 atom stereocenters. The van der Waals surface area contributed by atoms with Crippen LogP contribution in [0.25, 0.3) is 11.1 Å². The number of halogens is 1. The molecular formula is C26H30FN3O4. The van der Waals surface area contributed by atoms with Gasteiger partial charge in [0.1, 0.15) is 18.0 Å². The van der Waals surface area contributed by atoms with Gasteiger partial charge in [0, 0.05) is 5.56 Å². The fourth-order valence-electron chi connectivity index (χ4n) is 3.69. The van der Waals surface area contributed by atoms with Gasteiger partial charge in [-0.05, 0) is 57.4 Å². The molecule has 0 N–H and O–H groups in total. The van der Waals surface area contributed by atoms with Crippen LogP contribution >= 0.6 is 0 Å². The Morgan fingerprint density at radius 2 is 1.88 bits per heavy atom. The first-order valence-electron chi connectivity index (χ1n) is 11.3. The van der Waals surface area contributed by atoms with Crippen LogP contribution in [0.4, 0.5) is 4.39 Å². The van der Waals surface area contributed by atoms with E-state index in [0.717, 1.165) is 0 Å². The third-order valence-corrected chi connectivity index (χ3v) is 5.18. The molecule has 2 aromatic carbocycles. The third-order valence-electron chi connectivity index (χ3n) is 5.18. The van der Waals surface area contributed by atoms with E-state index in [2.05, 4.69) is 10.2 Å². The predicted octanol–water partition coefficient (Wildman–Crippen LogP) is 5.92. The Bertz CT molecular complexity index is 1180. The maximum absolute atomic E-state index is 15.3. The van der Waals surface area contributed by atoms with Gasteiger partial charge >= 0.3 is 5.97 Å². The zero-order valence-electron chi connectivity index (χ0n) is 20.2. The number of hydrogen-bond acceptors (Lipinski definition) is 6. The molecule has 0 bridgehead atoms. The van der Waals surface area contributed by atoms with E-state index in [1.807, 2.05) is 13.8 Å². The molecule has 0 amide bonds.